The van der Waals surface area contributed by atoms with Crippen LogP contribution in [0.25, 0.3) is 0 Å². The average Bonchev–Trinajstić information content (AvgIpc) is 3.12. The number of carbonyl (C=O) groups is 1. The average molecular weight is 364 g/mol. The molecule has 1 aliphatic heterocycles. The third-order valence-corrected chi connectivity index (χ3v) is 6.79. The maximum Gasteiger partial charge on any atom is 0.226 e. The first-order valence-corrected chi connectivity index (χ1v) is 10.6. The van der Waals surface area contributed by atoms with Gasteiger partial charge in [0, 0.05) is 18.3 Å². The van der Waals surface area contributed by atoms with Gasteiger partial charge < -0.3 is 5.32 Å². The first kappa shape index (κ1) is 17.1. The van der Waals surface area contributed by atoms with Gasteiger partial charge in [-0.1, -0.05) is 30.3 Å². The van der Waals surface area contributed by atoms with Crippen molar-refractivity contribution in [3.63, 3.8) is 0 Å². The maximum atomic E-state index is 12.0. The van der Waals surface area contributed by atoms with Crippen molar-refractivity contribution in [2.45, 2.75) is 19.3 Å². The van der Waals surface area contributed by atoms with Crippen LogP contribution < -0.4 is 5.32 Å². The number of benzene rings is 1. The van der Waals surface area contributed by atoms with E-state index in [1.54, 1.807) is 11.3 Å². The van der Waals surface area contributed by atoms with Gasteiger partial charge in [0.15, 0.2) is 9.84 Å². The van der Waals surface area contributed by atoms with Crippen molar-refractivity contribution in [1.29, 1.82) is 0 Å². The Kier molecular flexibility index (Phi) is 5.30. The van der Waals surface area contributed by atoms with Crippen molar-refractivity contribution < 1.29 is 13.2 Å². The van der Waals surface area contributed by atoms with Crippen LogP contribution in [-0.4, -0.2) is 37.4 Å². The number of sulfone groups is 1. The highest BCUT2D eigenvalue weighted by atomic mass is 32.2. The first-order valence-electron chi connectivity index (χ1n) is 7.94. The quantitative estimate of drug-likeness (QED) is 0.848. The highest BCUT2D eigenvalue weighted by molar-refractivity contribution is 7.91. The lowest BCUT2D eigenvalue weighted by molar-refractivity contribution is -0.120. The smallest absolute Gasteiger partial charge is 0.226 e. The van der Waals surface area contributed by atoms with Gasteiger partial charge in [-0.3, -0.25) is 4.79 Å². The van der Waals surface area contributed by atoms with E-state index >= 15 is 0 Å². The molecular weight excluding hydrogens is 344 g/mol. The number of aromatic nitrogens is 1. The molecule has 3 rings (SSSR count). The monoisotopic (exact) mass is 364 g/mol. The van der Waals surface area contributed by atoms with E-state index in [1.807, 2.05) is 23.6 Å². The van der Waals surface area contributed by atoms with E-state index in [0.717, 1.165) is 17.1 Å². The number of rotatable bonds is 6. The summed E-state index contributed by atoms with van der Waals surface area (Å²) in [6, 6.07) is 10.1. The van der Waals surface area contributed by atoms with Gasteiger partial charge >= 0.3 is 0 Å². The second-order valence-electron chi connectivity index (χ2n) is 6.14. The zero-order valence-corrected chi connectivity index (χ0v) is 14.9. The Morgan fingerprint density at radius 1 is 1.29 bits per heavy atom. The van der Waals surface area contributed by atoms with Gasteiger partial charge in [-0.05, 0) is 17.9 Å². The van der Waals surface area contributed by atoms with E-state index in [1.165, 1.54) is 5.56 Å². The molecule has 0 aliphatic carbocycles. The number of carbonyl (C=O) groups excluding carboxylic acids is 1. The molecule has 0 saturated carbocycles. The molecule has 0 bridgehead atoms. The summed E-state index contributed by atoms with van der Waals surface area (Å²) in [6.45, 7) is 0.430. The van der Waals surface area contributed by atoms with Gasteiger partial charge in [-0.15, -0.1) is 11.3 Å². The van der Waals surface area contributed by atoms with Crippen molar-refractivity contribution in [2.75, 3.05) is 18.1 Å². The molecular formula is C17H20N2O3S2. The van der Waals surface area contributed by atoms with Gasteiger partial charge in [0.25, 0.3) is 0 Å². The van der Waals surface area contributed by atoms with Crippen molar-refractivity contribution in [3.05, 3.63) is 52.0 Å². The molecule has 1 aromatic carbocycles. The summed E-state index contributed by atoms with van der Waals surface area (Å²) in [7, 11) is -2.89. The highest BCUT2D eigenvalue weighted by Gasteiger charge is 2.27. The second-order valence-corrected chi connectivity index (χ2v) is 9.32. The predicted octanol–water partition coefficient (Wildman–Crippen LogP) is 1.83. The van der Waals surface area contributed by atoms with Crippen LogP contribution in [0.3, 0.4) is 0 Å². The summed E-state index contributed by atoms with van der Waals surface area (Å²) < 4.78 is 22.8. The number of thiazole rings is 1. The maximum absolute atomic E-state index is 12.0. The summed E-state index contributed by atoms with van der Waals surface area (Å²) in [5.74, 6) is 0.368. The summed E-state index contributed by atoms with van der Waals surface area (Å²) in [5, 5.41) is 5.74. The van der Waals surface area contributed by atoms with E-state index in [0.29, 0.717) is 13.0 Å². The zero-order chi connectivity index (χ0) is 17.0. The molecule has 2 heterocycles. The van der Waals surface area contributed by atoms with Crippen LogP contribution in [0.2, 0.25) is 0 Å². The molecule has 1 saturated heterocycles. The van der Waals surface area contributed by atoms with Gasteiger partial charge in [0.05, 0.1) is 28.6 Å². The Morgan fingerprint density at radius 2 is 2.08 bits per heavy atom. The van der Waals surface area contributed by atoms with Crippen LogP contribution in [-0.2, 0) is 27.5 Å². The van der Waals surface area contributed by atoms with E-state index < -0.39 is 9.84 Å². The summed E-state index contributed by atoms with van der Waals surface area (Å²) in [4.78, 5) is 16.5. The van der Waals surface area contributed by atoms with Gasteiger partial charge in [-0.25, -0.2) is 13.4 Å². The fourth-order valence-electron chi connectivity index (χ4n) is 2.80. The SMILES string of the molecule is O=C(Cc1csc(Cc2ccccc2)n1)NCC1CCS(=O)(=O)C1. The van der Waals surface area contributed by atoms with Crippen LogP contribution >= 0.6 is 11.3 Å². The predicted molar refractivity (Wildman–Crippen MR) is 94.8 cm³/mol. The van der Waals surface area contributed by atoms with E-state index in [9.17, 15) is 13.2 Å². The van der Waals surface area contributed by atoms with Crippen molar-refractivity contribution >= 4 is 27.1 Å². The van der Waals surface area contributed by atoms with Crippen LogP contribution in [0.5, 0.6) is 0 Å². The highest BCUT2D eigenvalue weighted by Crippen LogP contribution is 2.18. The lowest BCUT2D eigenvalue weighted by atomic mass is 10.1. The Morgan fingerprint density at radius 3 is 2.79 bits per heavy atom. The molecule has 1 unspecified atom stereocenters. The Labute approximate surface area is 146 Å². The van der Waals surface area contributed by atoms with Crippen molar-refractivity contribution in [2.24, 2.45) is 5.92 Å². The molecule has 1 atom stereocenters. The van der Waals surface area contributed by atoms with E-state index in [2.05, 4.69) is 22.4 Å². The molecule has 5 nitrogen and oxygen atoms in total. The molecule has 24 heavy (non-hydrogen) atoms. The fourth-order valence-corrected chi connectivity index (χ4v) is 5.49. The molecule has 128 valence electrons. The van der Waals surface area contributed by atoms with Gasteiger partial charge in [0.2, 0.25) is 5.91 Å². The third kappa shape index (κ3) is 4.88. The lowest BCUT2D eigenvalue weighted by Crippen LogP contribution is -2.31. The third-order valence-electron chi connectivity index (χ3n) is 4.05. The minimum Gasteiger partial charge on any atom is -0.355 e. The largest absolute Gasteiger partial charge is 0.355 e. The number of amides is 1. The van der Waals surface area contributed by atoms with Crippen LogP contribution in [0.1, 0.15) is 22.7 Å². The molecule has 1 amide bonds. The minimum absolute atomic E-state index is 0.0445. The summed E-state index contributed by atoms with van der Waals surface area (Å²) in [5.41, 5.74) is 1.97. The molecule has 2 aromatic rings. The fraction of sp³-hybridized carbons (Fsp3) is 0.412. The number of hydrogen-bond donors (Lipinski definition) is 1. The Hall–Kier alpha value is -1.73. The molecule has 0 radical (unpaired) electrons. The number of nitrogens with zero attached hydrogens (tertiary/aromatic N) is 1. The number of nitrogens with one attached hydrogen (secondary N) is 1. The van der Waals surface area contributed by atoms with E-state index in [4.69, 9.17) is 0 Å². The summed E-state index contributed by atoms with van der Waals surface area (Å²) in [6.07, 6.45) is 1.65. The molecule has 1 N–H and O–H groups in total. The molecule has 7 heteroatoms. The molecule has 1 fully saturated rings. The first-order chi connectivity index (χ1) is 11.5. The standard InChI is InChI=1S/C17H20N2O3S2/c20-16(18-10-14-6-7-24(21,22)12-14)9-15-11-23-17(19-15)8-13-4-2-1-3-5-13/h1-5,11,14H,6-10,12H2,(H,18,20). The van der Waals surface area contributed by atoms with Crippen LogP contribution in [0.15, 0.2) is 35.7 Å². The summed E-state index contributed by atoms with van der Waals surface area (Å²) >= 11 is 1.56. The topological polar surface area (TPSA) is 76.1 Å². The van der Waals surface area contributed by atoms with Crippen LogP contribution in [0, 0.1) is 5.92 Å². The van der Waals surface area contributed by atoms with Crippen molar-refractivity contribution in [1.82, 2.24) is 10.3 Å². The molecule has 1 aromatic heterocycles. The zero-order valence-electron chi connectivity index (χ0n) is 13.3. The Bertz CT molecular complexity index is 800. The van der Waals surface area contributed by atoms with E-state index in [-0.39, 0.29) is 29.8 Å². The molecule has 1 aliphatic rings. The van der Waals surface area contributed by atoms with Crippen LogP contribution in [0.4, 0.5) is 0 Å². The van der Waals surface area contributed by atoms with Gasteiger partial charge in [-0.2, -0.15) is 0 Å². The van der Waals surface area contributed by atoms with Crippen molar-refractivity contribution in [3.8, 4) is 0 Å². The minimum atomic E-state index is -2.89. The molecule has 0 spiro atoms. The normalized spacial score (nSPS) is 19.2. The Balaban J connectivity index is 1.47. The second kappa shape index (κ2) is 7.44. The number of hydrogen-bond acceptors (Lipinski definition) is 5. The van der Waals surface area contributed by atoms with Gasteiger partial charge in [0.1, 0.15) is 0 Å². The lowest BCUT2D eigenvalue weighted by Gasteiger charge is -2.08.